The number of hydrogen-bond donors (Lipinski definition) is 1. The molecule has 0 spiro atoms. The van der Waals surface area contributed by atoms with Gasteiger partial charge in [-0.1, -0.05) is 24.3 Å². The molecule has 0 bridgehead atoms. The van der Waals surface area contributed by atoms with Gasteiger partial charge in [0, 0.05) is 31.6 Å². The third-order valence-corrected chi connectivity index (χ3v) is 6.59. The average Bonchev–Trinajstić information content (AvgIpc) is 3.19. The van der Waals surface area contributed by atoms with Crippen LogP contribution in [0.2, 0.25) is 0 Å². The van der Waals surface area contributed by atoms with Crippen LogP contribution >= 0.6 is 0 Å². The zero-order valence-corrected chi connectivity index (χ0v) is 17.8. The number of rotatable bonds is 6. The number of anilines is 1. The molecule has 5 nitrogen and oxygen atoms in total. The first-order valence-electron chi connectivity index (χ1n) is 11.3. The fourth-order valence-electron chi connectivity index (χ4n) is 4.84. The Labute approximate surface area is 184 Å². The highest BCUT2D eigenvalue weighted by atomic mass is 16.2. The minimum atomic E-state index is 0.0467. The Balaban J connectivity index is 1.26. The summed E-state index contributed by atoms with van der Waals surface area (Å²) in [6.45, 7) is 1.59. The van der Waals surface area contributed by atoms with Crippen LogP contribution in [0, 0.1) is 17.2 Å². The van der Waals surface area contributed by atoms with Crippen LogP contribution in [0.5, 0.6) is 0 Å². The molecule has 0 radical (unpaired) electrons. The fraction of sp³-hybridized carbons (Fsp3) is 0.423. The molecule has 2 amide bonds. The first-order valence-corrected chi connectivity index (χ1v) is 11.3. The van der Waals surface area contributed by atoms with E-state index in [0.717, 1.165) is 50.9 Å². The average molecular weight is 416 g/mol. The normalized spacial score (nSPS) is 21.0. The van der Waals surface area contributed by atoms with Crippen molar-refractivity contribution >= 4 is 17.5 Å². The highest BCUT2D eigenvalue weighted by molar-refractivity contribution is 5.90. The number of benzene rings is 2. The molecule has 0 aromatic heterocycles. The molecule has 1 N–H and O–H groups in total. The molecular weight excluding hydrogens is 386 g/mol. The molecule has 5 heteroatoms. The number of amides is 2. The van der Waals surface area contributed by atoms with Gasteiger partial charge in [-0.2, -0.15) is 5.26 Å². The van der Waals surface area contributed by atoms with E-state index in [2.05, 4.69) is 35.7 Å². The van der Waals surface area contributed by atoms with E-state index in [-0.39, 0.29) is 11.8 Å². The first-order chi connectivity index (χ1) is 15.1. The maximum absolute atomic E-state index is 12.4. The second-order valence-electron chi connectivity index (χ2n) is 8.82. The van der Waals surface area contributed by atoms with E-state index in [0.29, 0.717) is 30.2 Å². The van der Waals surface area contributed by atoms with Crippen molar-refractivity contribution in [2.45, 2.75) is 57.4 Å². The van der Waals surface area contributed by atoms with Crippen molar-refractivity contribution < 1.29 is 9.59 Å². The molecule has 0 unspecified atom stereocenters. The van der Waals surface area contributed by atoms with E-state index in [1.807, 2.05) is 4.90 Å². The molecule has 1 saturated carbocycles. The van der Waals surface area contributed by atoms with Gasteiger partial charge in [-0.3, -0.25) is 9.59 Å². The van der Waals surface area contributed by atoms with Crippen LogP contribution in [0.4, 0.5) is 5.69 Å². The summed E-state index contributed by atoms with van der Waals surface area (Å²) < 4.78 is 0. The van der Waals surface area contributed by atoms with E-state index >= 15 is 0 Å². The van der Waals surface area contributed by atoms with Crippen LogP contribution in [-0.2, 0) is 16.1 Å². The van der Waals surface area contributed by atoms with Gasteiger partial charge in [0.2, 0.25) is 11.8 Å². The number of nitrogens with zero attached hydrogens (tertiary/aromatic N) is 2. The van der Waals surface area contributed by atoms with Gasteiger partial charge in [-0.15, -0.1) is 0 Å². The quantitative estimate of drug-likeness (QED) is 0.723. The number of hydrogen-bond acceptors (Lipinski definition) is 3. The van der Waals surface area contributed by atoms with Crippen molar-refractivity contribution in [1.29, 1.82) is 5.26 Å². The molecule has 1 heterocycles. The predicted molar refractivity (Wildman–Crippen MR) is 120 cm³/mol. The molecule has 1 saturated heterocycles. The van der Waals surface area contributed by atoms with Crippen molar-refractivity contribution in [3.63, 3.8) is 0 Å². The van der Waals surface area contributed by atoms with Gasteiger partial charge in [0.05, 0.1) is 11.6 Å². The molecule has 160 valence electrons. The van der Waals surface area contributed by atoms with Gasteiger partial charge < -0.3 is 10.2 Å². The number of carbonyl (C=O) groups excluding carboxylic acids is 2. The fourth-order valence-corrected chi connectivity index (χ4v) is 4.84. The van der Waals surface area contributed by atoms with Gasteiger partial charge in [0.1, 0.15) is 0 Å². The third-order valence-electron chi connectivity index (χ3n) is 6.59. The van der Waals surface area contributed by atoms with Gasteiger partial charge in [0.25, 0.3) is 0 Å². The zero-order valence-electron chi connectivity index (χ0n) is 17.8. The Hall–Kier alpha value is -3.13. The lowest BCUT2D eigenvalue weighted by atomic mass is 9.77. The van der Waals surface area contributed by atoms with Crippen LogP contribution in [-0.4, -0.2) is 23.3 Å². The van der Waals surface area contributed by atoms with E-state index in [1.54, 1.807) is 24.3 Å². The van der Waals surface area contributed by atoms with Crippen LogP contribution < -0.4 is 5.32 Å². The van der Waals surface area contributed by atoms with Crippen molar-refractivity contribution in [3.05, 3.63) is 65.2 Å². The van der Waals surface area contributed by atoms with E-state index in [4.69, 9.17) is 5.26 Å². The molecule has 4 rings (SSSR count). The zero-order chi connectivity index (χ0) is 21.6. The number of nitriles is 1. The van der Waals surface area contributed by atoms with Crippen molar-refractivity contribution in [1.82, 2.24) is 4.90 Å². The Kier molecular flexibility index (Phi) is 6.66. The van der Waals surface area contributed by atoms with Gasteiger partial charge >= 0.3 is 0 Å². The number of likely N-dealkylation sites (tertiary alicyclic amines) is 1. The van der Waals surface area contributed by atoms with Crippen molar-refractivity contribution in [2.75, 3.05) is 11.9 Å². The Morgan fingerprint density at radius 3 is 2.55 bits per heavy atom. The predicted octanol–water partition coefficient (Wildman–Crippen LogP) is 4.98. The molecule has 1 aliphatic heterocycles. The molecule has 0 atom stereocenters. The minimum Gasteiger partial charge on any atom is -0.338 e. The lowest BCUT2D eigenvalue weighted by molar-refractivity contribution is -0.128. The van der Waals surface area contributed by atoms with Crippen molar-refractivity contribution in [3.8, 4) is 6.07 Å². The summed E-state index contributed by atoms with van der Waals surface area (Å²) >= 11 is 0. The molecule has 1 aliphatic carbocycles. The lowest BCUT2D eigenvalue weighted by Crippen LogP contribution is -2.24. The Morgan fingerprint density at radius 2 is 1.87 bits per heavy atom. The topological polar surface area (TPSA) is 73.2 Å². The first kappa shape index (κ1) is 21.1. The standard InChI is InChI=1S/C26H29N3O2/c27-17-20-8-12-24(13-9-20)28-25(30)16-19-6-10-22(11-7-19)23-4-1-3-21(15-23)18-29-14-2-5-26(29)31/h1,3-4,8-9,12-13,15,19,22H,2,5-7,10-11,14,16,18H2,(H,28,30)/t19-,22-. The molecular formula is C26H29N3O2. The Morgan fingerprint density at radius 1 is 1.10 bits per heavy atom. The van der Waals surface area contributed by atoms with E-state index < -0.39 is 0 Å². The summed E-state index contributed by atoms with van der Waals surface area (Å²) in [6, 6.07) is 17.8. The monoisotopic (exact) mass is 415 g/mol. The van der Waals surface area contributed by atoms with Crippen LogP contribution in [0.3, 0.4) is 0 Å². The molecule has 31 heavy (non-hydrogen) atoms. The largest absolute Gasteiger partial charge is 0.338 e. The Bertz CT molecular complexity index is 969. The summed E-state index contributed by atoms with van der Waals surface area (Å²) in [5.41, 5.74) is 3.92. The van der Waals surface area contributed by atoms with Crippen LogP contribution in [0.25, 0.3) is 0 Å². The van der Waals surface area contributed by atoms with Gasteiger partial charge in [-0.25, -0.2) is 0 Å². The number of carbonyl (C=O) groups is 2. The van der Waals surface area contributed by atoms with Gasteiger partial charge in [-0.05, 0) is 79.3 Å². The maximum atomic E-state index is 12.4. The van der Waals surface area contributed by atoms with Crippen molar-refractivity contribution in [2.24, 2.45) is 5.92 Å². The van der Waals surface area contributed by atoms with Crippen LogP contribution in [0.15, 0.2) is 48.5 Å². The van der Waals surface area contributed by atoms with Gasteiger partial charge in [0.15, 0.2) is 0 Å². The highest BCUT2D eigenvalue weighted by Crippen LogP contribution is 2.37. The summed E-state index contributed by atoms with van der Waals surface area (Å²) in [4.78, 5) is 26.3. The summed E-state index contributed by atoms with van der Waals surface area (Å²) in [5.74, 6) is 1.27. The lowest BCUT2D eigenvalue weighted by Gasteiger charge is -2.29. The maximum Gasteiger partial charge on any atom is 0.224 e. The molecule has 2 aliphatic rings. The molecule has 2 aromatic rings. The van der Waals surface area contributed by atoms with E-state index in [1.165, 1.54) is 11.1 Å². The number of nitrogens with one attached hydrogen (secondary N) is 1. The third kappa shape index (κ3) is 5.52. The minimum absolute atomic E-state index is 0.0467. The summed E-state index contributed by atoms with van der Waals surface area (Å²) in [6.07, 6.45) is 6.51. The highest BCUT2D eigenvalue weighted by Gasteiger charge is 2.25. The van der Waals surface area contributed by atoms with E-state index in [9.17, 15) is 9.59 Å². The SMILES string of the molecule is N#Cc1ccc(NC(=O)C[C@H]2CC[C@H](c3cccc(CN4CCCC4=O)c3)CC2)cc1. The smallest absolute Gasteiger partial charge is 0.224 e. The summed E-state index contributed by atoms with van der Waals surface area (Å²) in [7, 11) is 0. The molecule has 2 fully saturated rings. The van der Waals surface area contributed by atoms with Crippen LogP contribution in [0.1, 0.15) is 67.6 Å². The summed E-state index contributed by atoms with van der Waals surface area (Å²) in [5, 5.41) is 11.8. The molecule has 2 aromatic carbocycles. The second-order valence-corrected chi connectivity index (χ2v) is 8.82. The second kappa shape index (κ2) is 9.78.